The molecule has 19 heavy (non-hydrogen) atoms. The lowest BCUT2D eigenvalue weighted by molar-refractivity contribution is 0.637. The SMILES string of the molecule is CC(C)Cc1cc(NN)c2cc(Br)c(Cl)c(Cl)c2n1. The molecule has 0 atom stereocenters. The molecule has 1 aromatic carbocycles. The van der Waals surface area contributed by atoms with Crippen molar-refractivity contribution in [2.45, 2.75) is 20.3 Å². The summed E-state index contributed by atoms with van der Waals surface area (Å²) in [7, 11) is 0. The van der Waals surface area contributed by atoms with Crippen molar-refractivity contribution in [3.05, 3.63) is 32.3 Å². The number of rotatable bonds is 3. The zero-order chi connectivity index (χ0) is 14.2. The first-order chi connectivity index (χ1) is 8.93. The highest BCUT2D eigenvalue weighted by atomic mass is 79.9. The van der Waals surface area contributed by atoms with Gasteiger partial charge < -0.3 is 5.43 Å². The van der Waals surface area contributed by atoms with E-state index >= 15 is 0 Å². The Labute approximate surface area is 130 Å². The number of hydrogen-bond acceptors (Lipinski definition) is 3. The largest absolute Gasteiger partial charge is 0.323 e. The molecule has 0 spiro atoms. The molecule has 0 radical (unpaired) electrons. The van der Waals surface area contributed by atoms with Crippen LogP contribution in [-0.4, -0.2) is 4.98 Å². The van der Waals surface area contributed by atoms with E-state index in [9.17, 15) is 0 Å². The van der Waals surface area contributed by atoms with E-state index in [0.717, 1.165) is 27.7 Å². The van der Waals surface area contributed by atoms with Crippen molar-refractivity contribution in [2.75, 3.05) is 5.43 Å². The number of nitrogens with two attached hydrogens (primary N) is 1. The predicted octanol–water partition coefficient (Wildman–Crippen LogP) is 4.79. The second kappa shape index (κ2) is 5.83. The van der Waals surface area contributed by atoms with Crippen molar-refractivity contribution in [1.29, 1.82) is 0 Å². The Hall–Kier alpha value is -0.550. The molecule has 0 bridgehead atoms. The number of nitrogens with zero attached hydrogens (tertiary/aromatic N) is 1. The maximum absolute atomic E-state index is 6.28. The number of pyridine rings is 1. The van der Waals surface area contributed by atoms with Gasteiger partial charge in [0, 0.05) is 15.6 Å². The molecule has 0 saturated carbocycles. The highest BCUT2D eigenvalue weighted by Crippen LogP contribution is 2.38. The summed E-state index contributed by atoms with van der Waals surface area (Å²) in [6.07, 6.45) is 0.856. The molecule has 0 aliphatic carbocycles. The van der Waals surface area contributed by atoms with Gasteiger partial charge in [-0.05, 0) is 40.4 Å². The van der Waals surface area contributed by atoms with Crippen molar-refractivity contribution in [2.24, 2.45) is 11.8 Å². The normalized spacial score (nSPS) is 11.3. The van der Waals surface area contributed by atoms with Crippen LogP contribution in [0.4, 0.5) is 5.69 Å². The Bertz CT molecular complexity index is 629. The molecule has 0 saturated heterocycles. The molecular formula is C13H14BrCl2N3. The molecule has 0 aliphatic heterocycles. The maximum Gasteiger partial charge on any atom is 0.0928 e. The van der Waals surface area contributed by atoms with Gasteiger partial charge in [-0.3, -0.25) is 10.8 Å². The summed E-state index contributed by atoms with van der Waals surface area (Å²) in [5, 5.41) is 1.75. The number of fused-ring (bicyclic) bond motifs is 1. The van der Waals surface area contributed by atoms with Crippen LogP contribution >= 0.6 is 39.1 Å². The van der Waals surface area contributed by atoms with Crippen molar-refractivity contribution >= 4 is 55.7 Å². The van der Waals surface area contributed by atoms with E-state index in [0.29, 0.717) is 21.5 Å². The molecule has 1 heterocycles. The molecule has 0 amide bonds. The van der Waals surface area contributed by atoms with Gasteiger partial charge in [-0.2, -0.15) is 0 Å². The zero-order valence-corrected chi connectivity index (χ0v) is 13.7. The second-order valence-corrected chi connectivity index (χ2v) is 6.40. The smallest absolute Gasteiger partial charge is 0.0928 e. The number of nitrogen functional groups attached to an aromatic ring is 1. The van der Waals surface area contributed by atoms with Crippen LogP contribution in [0, 0.1) is 5.92 Å². The van der Waals surface area contributed by atoms with Crippen LogP contribution in [0.15, 0.2) is 16.6 Å². The Morgan fingerprint density at radius 3 is 2.58 bits per heavy atom. The first-order valence-corrected chi connectivity index (χ1v) is 7.42. The van der Waals surface area contributed by atoms with E-state index < -0.39 is 0 Å². The molecule has 6 heteroatoms. The van der Waals surface area contributed by atoms with Crippen LogP contribution in [0.1, 0.15) is 19.5 Å². The molecule has 3 N–H and O–H groups in total. The van der Waals surface area contributed by atoms with Crippen LogP contribution in [0.25, 0.3) is 10.9 Å². The highest BCUT2D eigenvalue weighted by Gasteiger charge is 2.14. The summed E-state index contributed by atoms with van der Waals surface area (Å²) < 4.78 is 0.724. The third-order valence-electron chi connectivity index (χ3n) is 2.77. The lowest BCUT2D eigenvalue weighted by atomic mass is 10.1. The molecule has 2 aromatic rings. The van der Waals surface area contributed by atoms with E-state index in [2.05, 4.69) is 40.2 Å². The number of benzene rings is 1. The Morgan fingerprint density at radius 1 is 1.32 bits per heavy atom. The second-order valence-electron chi connectivity index (χ2n) is 4.79. The molecule has 2 rings (SSSR count). The number of hydrogen-bond donors (Lipinski definition) is 2. The first-order valence-electron chi connectivity index (χ1n) is 5.87. The summed E-state index contributed by atoms with van der Waals surface area (Å²) in [4.78, 5) is 4.59. The van der Waals surface area contributed by atoms with Crippen molar-refractivity contribution in [3.63, 3.8) is 0 Å². The average Bonchev–Trinajstić information content (AvgIpc) is 2.35. The first kappa shape index (κ1) is 14.9. The molecule has 0 unspecified atom stereocenters. The third kappa shape index (κ3) is 2.97. The van der Waals surface area contributed by atoms with E-state index in [1.54, 1.807) is 0 Å². The van der Waals surface area contributed by atoms with Crippen LogP contribution in [-0.2, 0) is 6.42 Å². The minimum absolute atomic E-state index is 0.438. The van der Waals surface area contributed by atoms with Gasteiger partial charge in [-0.15, -0.1) is 0 Å². The maximum atomic E-state index is 6.28. The minimum Gasteiger partial charge on any atom is -0.323 e. The summed E-state index contributed by atoms with van der Waals surface area (Å²) in [6.45, 7) is 4.27. The van der Waals surface area contributed by atoms with Gasteiger partial charge in [0.25, 0.3) is 0 Å². The monoisotopic (exact) mass is 361 g/mol. The van der Waals surface area contributed by atoms with E-state index in [1.165, 1.54) is 0 Å². The van der Waals surface area contributed by atoms with Crippen LogP contribution in [0.2, 0.25) is 10.0 Å². The van der Waals surface area contributed by atoms with Gasteiger partial charge in [0.2, 0.25) is 0 Å². The van der Waals surface area contributed by atoms with Gasteiger partial charge >= 0.3 is 0 Å². The third-order valence-corrected chi connectivity index (χ3v) is 4.48. The number of nitrogens with one attached hydrogen (secondary N) is 1. The summed E-state index contributed by atoms with van der Waals surface area (Å²) in [5.41, 5.74) is 5.09. The number of hydrazine groups is 1. The van der Waals surface area contributed by atoms with Crippen LogP contribution in [0.5, 0.6) is 0 Å². The van der Waals surface area contributed by atoms with E-state index in [1.807, 2.05) is 12.1 Å². The fourth-order valence-electron chi connectivity index (χ4n) is 1.96. The summed E-state index contributed by atoms with van der Waals surface area (Å²) in [6, 6.07) is 3.81. The van der Waals surface area contributed by atoms with Crippen LogP contribution in [0.3, 0.4) is 0 Å². The standard InChI is InChI=1S/C13H14BrCl2N3/c1-6(2)3-7-4-10(19-17)8-5-9(14)11(15)12(16)13(8)18-7/h4-6H,3,17H2,1-2H3,(H,18,19). The fourth-order valence-corrected chi connectivity index (χ4v) is 2.89. The number of anilines is 1. The number of halogens is 3. The summed E-state index contributed by atoms with van der Waals surface area (Å²) in [5.74, 6) is 6.08. The quantitative estimate of drug-likeness (QED) is 0.469. The fraction of sp³-hybridized carbons (Fsp3) is 0.308. The lowest BCUT2D eigenvalue weighted by Gasteiger charge is -2.13. The average molecular weight is 363 g/mol. The molecule has 3 nitrogen and oxygen atoms in total. The Morgan fingerprint density at radius 2 is 2.00 bits per heavy atom. The lowest BCUT2D eigenvalue weighted by Crippen LogP contribution is -2.09. The Kier molecular flexibility index (Phi) is 4.56. The predicted molar refractivity (Wildman–Crippen MR) is 85.8 cm³/mol. The van der Waals surface area contributed by atoms with Crippen molar-refractivity contribution < 1.29 is 0 Å². The molecule has 1 aromatic heterocycles. The molecule has 0 aliphatic rings. The van der Waals surface area contributed by atoms with Crippen LogP contribution < -0.4 is 11.3 Å². The summed E-state index contributed by atoms with van der Waals surface area (Å²) >= 11 is 15.8. The zero-order valence-electron chi connectivity index (χ0n) is 10.6. The van der Waals surface area contributed by atoms with Crippen molar-refractivity contribution in [1.82, 2.24) is 4.98 Å². The van der Waals surface area contributed by atoms with Gasteiger partial charge in [-0.25, -0.2) is 0 Å². The van der Waals surface area contributed by atoms with E-state index in [-0.39, 0.29) is 0 Å². The van der Waals surface area contributed by atoms with E-state index in [4.69, 9.17) is 29.0 Å². The van der Waals surface area contributed by atoms with Gasteiger partial charge in [0.15, 0.2) is 0 Å². The van der Waals surface area contributed by atoms with Gasteiger partial charge in [0.1, 0.15) is 0 Å². The molecular weight excluding hydrogens is 349 g/mol. The minimum atomic E-state index is 0.438. The van der Waals surface area contributed by atoms with Crippen molar-refractivity contribution in [3.8, 4) is 0 Å². The Balaban J connectivity index is 2.74. The topological polar surface area (TPSA) is 50.9 Å². The van der Waals surface area contributed by atoms with Gasteiger partial charge in [-0.1, -0.05) is 37.0 Å². The highest BCUT2D eigenvalue weighted by molar-refractivity contribution is 9.10. The molecule has 0 fully saturated rings. The molecule has 102 valence electrons. The van der Waals surface area contributed by atoms with Gasteiger partial charge in [0.05, 0.1) is 21.2 Å². The number of aromatic nitrogens is 1.